The Morgan fingerprint density at radius 3 is 2.84 bits per heavy atom. The molecule has 0 amide bonds. The molecular formula is C17H21N5O3. The lowest BCUT2D eigenvalue weighted by atomic mass is 10.0. The average molecular weight is 343 g/mol. The lowest BCUT2D eigenvalue weighted by molar-refractivity contribution is 0.137. The van der Waals surface area contributed by atoms with E-state index in [0.717, 1.165) is 23.3 Å². The Bertz CT molecular complexity index is 924. The molecule has 1 aliphatic rings. The molecule has 132 valence electrons. The lowest BCUT2D eigenvalue weighted by Crippen LogP contribution is -2.22. The van der Waals surface area contributed by atoms with Gasteiger partial charge in [-0.2, -0.15) is 10.1 Å². The van der Waals surface area contributed by atoms with Crippen molar-refractivity contribution in [3.8, 4) is 0 Å². The number of aliphatic hydroxyl groups is 1. The number of oxazole rings is 1. The monoisotopic (exact) mass is 343 g/mol. The highest BCUT2D eigenvalue weighted by Gasteiger charge is 2.36. The van der Waals surface area contributed by atoms with E-state index in [-0.39, 0.29) is 17.5 Å². The van der Waals surface area contributed by atoms with Gasteiger partial charge in [0.15, 0.2) is 5.58 Å². The minimum absolute atomic E-state index is 0.0529. The van der Waals surface area contributed by atoms with Gasteiger partial charge in [0.2, 0.25) is 0 Å². The van der Waals surface area contributed by atoms with Gasteiger partial charge < -0.3 is 14.8 Å². The molecule has 0 bridgehead atoms. The van der Waals surface area contributed by atoms with Crippen LogP contribution in [-0.2, 0) is 14.1 Å². The summed E-state index contributed by atoms with van der Waals surface area (Å²) in [4.78, 5) is 16.3. The van der Waals surface area contributed by atoms with E-state index in [2.05, 4.69) is 15.4 Å². The lowest BCUT2D eigenvalue weighted by Gasteiger charge is -2.13. The first kappa shape index (κ1) is 15.9. The summed E-state index contributed by atoms with van der Waals surface area (Å²) in [5, 5.41) is 17.9. The van der Waals surface area contributed by atoms with Crippen LogP contribution < -0.4 is 11.0 Å². The van der Waals surface area contributed by atoms with Crippen LogP contribution in [0.2, 0.25) is 0 Å². The number of nitrogens with one attached hydrogen (secondary N) is 1. The van der Waals surface area contributed by atoms with Crippen LogP contribution >= 0.6 is 0 Å². The maximum atomic E-state index is 11.9. The van der Waals surface area contributed by atoms with E-state index < -0.39 is 6.10 Å². The first-order valence-electron chi connectivity index (χ1n) is 8.40. The van der Waals surface area contributed by atoms with E-state index in [4.69, 9.17) is 4.42 Å². The van der Waals surface area contributed by atoms with Crippen LogP contribution in [0.25, 0.3) is 11.1 Å². The van der Waals surface area contributed by atoms with Crippen LogP contribution in [-0.4, -0.2) is 37.1 Å². The van der Waals surface area contributed by atoms with Crippen molar-refractivity contribution < 1.29 is 9.52 Å². The van der Waals surface area contributed by atoms with Gasteiger partial charge in [-0.3, -0.25) is 4.57 Å². The van der Waals surface area contributed by atoms with Crippen molar-refractivity contribution in [2.45, 2.75) is 24.9 Å². The van der Waals surface area contributed by atoms with Crippen molar-refractivity contribution in [2.75, 3.05) is 11.9 Å². The molecule has 1 aromatic carbocycles. The highest BCUT2D eigenvalue weighted by atomic mass is 16.4. The van der Waals surface area contributed by atoms with Gasteiger partial charge in [0, 0.05) is 32.5 Å². The quantitative estimate of drug-likeness (QED) is 0.739. The molecule has 4 rings (SSSR count). The molecule has 0 radical (unpaired) electrons. The number of aliphatic hydroxyl groups excluding tert-OH is 1. The molecule has 8 heteroatoms. The SMILES string of the molecule is Cn1nc([C@H]2C[C@H](CNc3nc4ccccc4o3)[C@H](O)C2)n(C)c1=O. The molecule has 8 nitrogen and oxygen atoms in total. The van der Waals surface area contributed by atoms with Gasteiger partial charge in [0.25, 0.3) is 6.01 Å². The molecule has 25 heavy (non-hydrogen) atoms. The van der Waals surface area contributed by atoms with E-state index in [1.165, 1.54) is 4.68 Å². The summed E-state index contributed by atoms with van der Waals surface area (Å²) in [6.45, 7) is 0.561. The fourth-order valence-electron chi connectivity index (χ4n) is 3.63. The van der Waals surface area contributed by atoms with Crippen LogP contribution in [0.1, 0.15) is 24.6 Å². The Morgan fingerprint density at radius 2 is 2.12 bits per heavy atom. The zero-order valence-electron chi connectivity index (χ0n) is 14.2. The molecule has 1 aliphatic carbocycles. The maximum absolute atomic E-state index is 11.9. The van der Waals surface area contributed by atoms with Gasteiger partial charge in [-0.25, -0.2) is 9.48 Å². The molecule has 3 atom stereocenters. The molecule has 0 saturated heterocycles. The highest BCUT2D eigenvalue weighted by Crippen LogP contribution is 2.37. The number of hydrogen-bond donors (Lipinski definition) is 2. The Balaban J connectivity index is 1.44. The second kappa shape index (κ2) is 6.03. The number of benzene rings is 1. The van der Waals surface area contributed by atoms with Gasteiger partial charge in [-0.1, -0.05) is 12.1 Å². The molecule has 2 N–H and O–H groups in total. The highest BCUT2D eigenvalue weighted by molar-refractivity contribution is 5.74. The number of aryl methyl sites for hydroxylation is 1. The Kier molecular flexibility index (Phi) is 3.84. The predicted octanol–water partition coefficient (Wildman–Crippen LogP) is 1.23. The van der Waals surface area contributed by atoms with Crippen LogP contribution in [0, 0.1) is 5.92 Å². The summed E-state index contributed by atoms with van der Waals surface area (Å²) in [6.07, 6.45) is 0.919. The molecule has 1 saturated carbocycles. The summed E-state index contributed by atoms with van der Waals surface area (Å²) in [5.41, 5.74) is 1.40. The van der Waals surface area contributed by atoms with Crippen LogP contribution in [0.5, 0.6) is 0 Å². The summed E-state index contributed by atoms with van der Waals surface area (Å²) in [7, 11) is 3.37. The molecule has 0 aliphatic heterocycles. The number of fused-ring (bicyclic) bond motifs is 1. The standard InChI is InChI=1S/C17H21N5O3/c1-21-15(20-22(2)17(21)24)10-7-11(13(23)8-10)9-18-16-19-12-5-3-4-6-14(12)25-16/h3-6,10-11,13,23H,7-9H2,1-2H3,(H,18,19)/t10-,11+,13+/m0/s1. The summed E-state index contributed by atoms with van der Waals surface area (Å²) >= 11 is 0. The first-order valence-corrected chi connectivity index (χ1v) is 8.40. The summed E-state index contributed by atoms with van der Waals surface area (Å²) in [6, 6.07) is 8.04. The molecule has 2 heterocycles. The van der Waals surface area contributed by atoms with Gasteiger partial charge >= 0.3 is 5.69 Å². The van der Waals surface area contributed by atoms with E-state index in [0.29, 0.717) is 19.0 Å². The Hall–Kier alpha value is -2.61. The van der Waals surface area contributed by atoms with E-state index in [1.807, 2.05) is 24.3 Å². The normalized spacial score (nSPS) is 23.4. The zero-order chi connectivity index (χ0) is 17.6. The smallest absolute Gasteiger partial charge is 0.345 e. The van der Waals surface area contributed by atoms with Crippen LogP contribution in [0.4, 0.5) is 6.01 Å². The van der Waals surface area contributed by atoms with Gasteiger partial charge in [0.1, 0.15) is 11.3 Å². The Morgan fingerprint density at radius 1 is 1.32 bits per heavy atom. The zero-order valence-corrected chi connectivity index (χ0v) is 14.2. The number of nitrogens with zero attached hydrogens (tertiary/aromatic N) is 4. The van der Waals surface area contributed by atoms with Crippen LogP contribution in [0.3, 0.4) is 0 Å². The Labute approximate surface area is 144 Å². The largest absolute Gasteiger partial charge is 0.424 e. The van der Waals surface area contributed by atoms with Crippen molar-refractivity contribution in [2.24, 2.45) is 20.0 Å². The van der Waals surface area contributed by atoms with Crippen molar-refractivity contribution in [3.05, 3.63) is 40.6 Å². The van der Waals surface area contributed by atoms with E-state index in [9.17, 15) is 9.90 Å². The number of para-hydroxylation sites is 2. The number of aromatic nitrogens is 4. The third-order valence-electron chi connectivity index (χ3n) is 4.99. The second-order valence-electron chi connectivity index (χ2n) is 6.69. The van der Waals surface area contributed by atoms with Gasteiger partial charge in [-0.05, 0) is 25.0 Å². The number of hydrogen-bond acceptors (Lipinski definition) is 6. The second-order valence-corrected chi connectivity index (χ2v) is 6.69. The fraction of sp³-hybridized carbons (Fsp3) is 0.471. The van der Waals surface area contributed by atoms with Crippen LogP contribution in [0.15, 0.2) is 33.5 Å². The fourth-order valence-corrected chi connectivity index (χ4v) is 3.63. The third-order valence-corrected chi connectivity index (χ3v) is 4.99. The number of rotatable bonds is 4. The third kappa shape index (κ3) is 2.82. The van der Waals surface area contributed by atoms with Gasteiger partial charge in [-0.15, -0.1) is 0 Å². The topological polar surface area (TPSA) is 98.1 Å². The first-order chi connectivity index (χ1) is 12.0. The van der Waals surface area contributed by atoms with Crippen molar-refractivity contribution in [1.29, 1.82) is 0 Å². The summed E-state index contributed by atoms with van der Waals surface area (Å²) < 4.78 is 8.55. The van der Waals surface area contributed by atoms with E-state index >= 15 is 0 Å². The minimum atomic E-state index is -0.445. The molecule has 0 spiro atoms. The molecule has 1 fully saturated rings. The van der Waals surface area contributed by atoms with E-state index in [1.54, 1.807) is 18.7 Å². The molecule has 2 aromatic heterocycles. The maximum Gasteiger partial charge on any atom is 0.345 e. The number of anilines is 1. The minimum Gasteiger partial charge on any atom is -0.424 e. The molecule has 0 unspecified atom stereocenters. The molecule has 3 aromatic rings. The summed E-state index contributed by atoms with van der Waals surface area (Å²) in [5.74, 6) is 0.859. The molecular weight excluding hydrogens is 322 g/mol. The average Bonchev–Trinajstić information content (AvgIpc) is 3.25. The van der Waals surface area contributed by atoms with Crippen molar-refractivity contribution in [1.82, 2.24) is 19.3 Å². The predicted molar refractivity (Wildman–Crippen MR) is 92.4 cm³/mol. The van der Waals surface area contributed by atoms with Crippen molar-refractivity contribution >= 4 is 17.1 Å². The van der Waals surface area contributed by atoms with Gasteiger partial charge in [0.05, 0.1) is 6.10 Å². The van der Waals surface area contributed by atoms with Crippen molar-refractivity contribution in [3.63, 3.8) is 0 Å².